The van der Waals surface area contributed by atoms with Gasteiger partial charge in [0.05, 0.1) is 15.9 Å². The molecule has 1 fully saturated rings. The van der Waals surface area contributed by atoms with Crippen molar-refractivity contribution < 1.29 is 14.5 Å². The van der Waals surface area contributed by atoms with Gasteiger partial charge < -0.3 is 10.2 Å². The van der Waals surface area contributed by atoms with E-state index in [0.717, 1.165) is 0 Å². The number of pyridine rings is 1. The van der Waals surface area contributed by atoms with E-state index in [0.29, 0.717) is 42.3 Å². The highest BCUT2D eigenvalue weighted by atomic mass is 35.5. The number of halogens is 1. The number of nitro groups is 1. The molecule has 1 aromatic carbocycles. The first-order valence-electron chi connectivity index (χ1n) is 9.06. The molecule has 2 amide bonds. The van der Waals surface area contributed by atoms with E-state index in [-0.39, 0.29) is 23.4 Å². The SMILES string of the molecule is O=C(Nc1ccc(Cl)cn1)C1CCCN(C(=O)C=Cc2cccc([N+](=O)[O-])c2)C1. The summed E-state index contributed by atoms with van der Waals surface area (Å²) in [7, 11) is 0. The summed E-state index contributed by atoms with van der Waals surface area (Å²) in [5.74, 6) is -0.358. The molecule has 1 aliphatic rings. The summed E-state index contributed by atoms with van der Waals surface area (Å²) in [6.45, 7) is 0.860. The minimum absolute atomic E-state index is 0.0369. The Bertz CT molecular complexity index is 946. The van der Waals surface area contributed by atoms with Crippen molar-refractivity contribution in [3.05, 3.63) is 69.4 Å². The number of nitrogens with zero attached hydrogens (tertiary/aromatic N) is 3. The molecule has 1 unspecified atom stereocenters. The quantitative estimate of drug-likeness (QED) is 0.457. The molecular weight excluding hydrogens is 396 g/mol. The van der Waals surface area contributed by atoms with Crippen LogP contribution < -0.4 is 5.32 Å². The van der Waals surface area contributed by atoms with E-state index in [9.17, 15) is 19.7 Å². The van der Waals surface area contributed by atoms with Gasteiger partial charge in [-0.1, -0.05) is 23.7 Å². The van der Waals surface area contributed by atoms with Crippen molar-refractivity contribution >= 4 is 41.0 Å². The number of non-ortho nitro benzene ring substituents is 1. The number of amides is 2. The lowest BCUT2D eigenvalue weighted by molar-refractivity contribution is -0.384. The van der Waals surface area contributed by atoms with Crippen LogP contribution in [0.5, 0.6) is 0 Å². The maximum absolute atomic E-state index is 12.5. The summed E-state index contributed by atoms with van der Waals surface area (Å²) in [4.78, 5) is 41.0. The summed E-state index contributed by atoms with van der Waals surface area (Å²) in [5.41, 5.74) is 0.526. The highest BCUT2D eigenvalue weighted by Gasteiger charge is 2.27. The molecule has 1 saturated heterocycles. The predicted molar refractivity (Wildman–Crippen MR) is 109 cm³/mol. The first kappa shape index (κ1) is 20.5. The molecule has 9 heteroatoms. The monoisotopic (exact) mass is 414 g/mol. The molecule has 0 radical (unpaired) electrons. The van der Waals surface area contributed by atoms with E-state index in [4.69, 9.17) is 11.6 Å². The van der Waals surface area contributed by atoms with E-state index in [1.807, 2.05) is 0 Å². The average molecular weight is 415 g/mol. The molecule has 2 heterocycles. The fourth-order valence-corrected chi connectivity index (χ4v) is 3.20. The first-order chi connectivity index (χ1) is 13.9. The summed E-state index contributed by atoms with van der Waals surface area (Å²) >= 11 is 5.79. The molecule has 0 bridgehead atoms. The fraction of sp³-hybridized carbons (Fsp3) is 0.250. The predicted octanol–water partition coefficient (Wildman–Crippen LogP) is 3.53. The van der Waals surface area contributed by atoms with Gasteiger partial charge >= 0.3 is 0 Å². The molecule has 1 aromatic heterocycles. The number of anilines is 1. The highest BCUT2D eigenvalue weighted by molar-refractivity contribution is 6.30. The van der Waals surface area contributed by atoms with Gasteiger partial charge in [-0.15, -0.1) is 0 Å². The van der Waals surface area contributed by atoms with Crippen LogP contribution in [0.2, 0.25) is 5.02 Å². The van der Waals surface area contributed by atoms with Crippen molar-refractivity contribution in [3.8, 4) is 0 Å². The number of carbonyl (C=O) groups is 2. The third-order valence-corrected chi connectivity index (χ3v) is 4.81. The van der Waals surface area contributed by atoms with Gasteiger partial charge in [0.1, 0.15) is 5.82 Å². The summed E-state index contributed by atoms with van der Waals surface area (Å²) in [6, 6.07) is 9.29. The van der Waals surface area contributed by atoms with E-state index in [1.165, 1.54) is 30.5 Å². The molecule has 150 valence electrons. The average Bonchev–Trinajstić information content (AvgIpc) is 2.74. The van der Waals surface area contributed by atoms with Gasteiger partial charge in [-0.25, -0.2) is 4.98 Å². The zero-order valence-corrected chi connectivity index (χ0v) is 16.2. The van der Waals surface area contributed by atoms with Crippen LogP contribution >= 0.6 is 11.6 Å². The molecule has 0 spiro atoms. The third-order valence-electron chi connectivity index (χ3n) is 4.58. The third kappa shape index (κ3) is 5.61. The van der Waals surface area contributed by atoms with Crippen LogP contribution in [0, 0.1) is 16.0 Å². The van der Waals surface area contributed by atoms with Crippen molar-refractivity contribution in [2.45, 2.75) is 12.8 Å². The lowest BCUT2D eigenvalue weighted by Gasteiger charge is -2.31. The van der Waals surface area contributed by atoms with Gasteiger partial charge in [0.2, 0.25) is 11.8 Å². The lowest BCUT2D eigenvalue weighted by atomic mass is 9.97. The Morgan fingerprint density at radius 1 is 1.31 bits per heavy atom. The normalized spacial score (nSPS) is 16.6. The van der Waals surface area contributed by atoms with Crippen molar-refractivity contribution in [1.29, 1.82) is 0 Å². The van der Waals surface area contributed by atoms with E-state index in [2.05, 4.69) is 10.3 Å². The Morgan fingerprint density at radius 2 is 2.14 bits per heavy atom. The second-order valence-electron chi connectivity index (χ2n) is 6.66. The van der Waals surface area contributed by atoms with Crippen molar-refractivity contribution in [1.82, 2.24) is 9.88 Å². The van der Waals surface area contributed by atoms with E-state index >= 15 is 0 Å². The number of likely N-dealkylation sites (tertiary alicyclic amines) is 1. The minimum atomic E-state index is -0.484. The standard InChI is InChI=1S/C20H19ClN4O4/c21-16-7-8-18(22-12-16)23-20(27)15-4-2-10-24(13-15)19(26)9-6-14-3-1-5-17(11-14)25(28)29/h1,3,5-9,11-12,15H,2,4,10,13H2,(H,22,23,27). The zero-order valence-electron chi connectivity index (χ0n) is 15.5. The van der Waals surface area contributed by atoms with Gasteiger partial charge in [-0.3, -0.25) is 19.7 Å². The van der Waals surface area contributed by atoms with Gasteiger partial charge in [0.25, 0.3) is 5.69 Å². The molecule has 29 heavy (non-hydrogen) atoms. The zero-order chi connectivity index (χ0) is 20.8. The Hall–Kier alpha value is -3.26. The maximum atomic E-state index is 12.5. The Balaban J connectivity index is 1.60. The number of benzene rings is 1. The first-order valence-corrected chi connectivity index (χ1v) is 9.44. The van der Waals surface area contributed by atoms with Crippen LogP contribution in [-0.4, -0.2) is 39.7 Å². The fourth-order valence-electron chi connectivity index (χ4n) is 3.08. The number of rotatable bonds is 5. The van der Waals surface area contributed by atoms with Gasteiger partial charge in [-0.05, 0) is 36.6 Å². The van der Waals surface area contributed by atoms with Gasteiger partial charge in [-0.2, -0.15) is 0 Å². The number of hydrogen-bond acceptors (Lipinski definition) is 5. The van der Waals surface area contributed by atoms with Crippen molar-refractivity contribution in [2.24, 2.45) is 5.92 Å². The molecule has 1 atom stereocenters. The number of aromatic nitrogens is 1. The van der Waals surface area contributed by atoms with Crippen LogP contribution in [0.3, 0.4) is 0 Å². The van der Waals surface area contributed by atoms with Gasteiger partial charge in [0.15, 0.2) is 0 Å². The van der Waals surface area contributed by atoms with Crippen LogP contribution in [0.15, 0.2) is 48.7 Å². The molecular formula is C20H19ClN4O4. The molecule has 3 rings (SSSR count). The smallest absolute Gasteiger partial charge is 0.270 e. The second-order valence-corrected chi connectivity index (χ2v) is 7.10. The van der Waals surface area contributed by atoms with Crippen molar-refractivity contribution in [3.63, 3.8) is 0 Å². The Kier molecular flexibility index (Phi) is 6.56. The largest absolute Gasteiger partial charge is 0.338 e. The number of carbonyl (C=O) groups excluding carboxylic acids is 2. The Morgan fingerprint density at radius 3 is 2.86 bits per heavy atom. The maximum Gasteiger partial charge on any atom is 0.270 e. The number of hydrogen-bond donors (Lipinski definition) is 1. The molecule has 8 nitrogen and oxygen atoms in total. The van der Waals surface area contributed by atoms with Crippen LogP contribution in [0.4, 0.5) is 11.5 Å². The summed E-state index contributed by atoms with van der Waals surface area (Å²) in [6.07, 6.45) is 5.75. The summed E-state index contributed by atoms with van der Waals surface area (Å²) < 4.78 is 0. The van der Waals surface area contributed by atoms with Crippen LogP contribution in [-0.2, 0) is 9.59 Å². The van der Waals surface area contributed by atoms with Crippen molar-refractivity contribution in [2.75, 3.05) is 18.4 Å². The number of piperidine rings is 1. The molecule has 0 aliphatic carbocycles. The van der Waals surface area contributed by atoms with E-state index in [1.54, 1.807) is 29.2 Å². The number of nitrogens with one attached hydrogen (secondary N) is 1. The van der Waals surface area contributed by atoms with Crippen LogP contribution in [0.25, 0.3) is 6.08 Å². The highest BCUT2D eigenvalue weighted by Crippen LogP contribution is 2.20. The Labute approximate surface area is 172 Å². The van der Waals surface area contributed by atoms with E-state index < -0.39 is 4.92 Å². The molecule has 0 saturated carbocycles. The molecule has 1 aliphatic heterocycles. The lowest BCUT2D eigenvalue weighted by Crippen LogP contribution is -2.43. The summed E-state index contributed by atoms with van der Waals surface area (Å²) in [5, 5.41) is 14.1. The molecule has 2 aromatic rings. The topological polar surface area (TPSA) is 105 Å². The van der Waals surface area contributed by atoms with Crippen LogP contribution in [0.1, 0.15) is 18.4 Å². The number of nitro benzene ring substituents is 1. The molecule has 1 N–H and O–H groups in total. The van der Waals surface area contributed by atoms with Gasteiger partial charge in [0, 0.05) is 37.5 Å². The minimum Gasteiger partial charge on any atom is -0.338 e. The second kappa shape index (κ2) is 9.29.